The third-order valence-corrected chi connectivity index (χ3v) is 4.58. The first-order valence-corrected chi connectivity index (χ1v) is 8.48. The van der Waals surface area contributed by atoms with Crippen LogP contribution in [0.3, 0.4) is 0 Å². The normalized spacial score (nSPS) is 13.9. The van der Waals surface area contributed by atoms with Gasteiger partial charge in [-0.05, 0) is 31.5 Å². The molecule has 1 atom stereocenters. The maximum atomic E-state index is 13.6. The van der Waals surface area contributed by atoms with E-state index in [0.717, 1.165) is 6.07 Å². The number of furan rings is 1. The molecule has 0 saturated heterocycles. The van der Waals surface area contributed by atoms with Gasteiger partial charge in [0, 0.05) is 0 Å². The number of hydrogen-bond donors (Lipinski definition) is 1. The molecule has 3 aromatic rings. The van der Waals surface area contributed by atoms with Crippen molar-refractivity contribution in [3.05, 3.63) is 40.9 Å². The Labute approximate surface area is 162 Å². The Morgan fingerprint density at radius 3 is 2.71 bits per heavy atom. The van der Waals surface area contributed by atoms with Gasteiger partial charge in [-0.1, -0.05) is 24.4 Å². The van der Waals surface area contributed by atoms with Crippen molar-refractivity contribution >= 4 is 23.2 Å². The minimum Gasteiger partial charge on any atom is -0.463 e. The fourth-order valence-corrected chi connectivity index (χ4v) is 2.67. The van der Waals surface area contributed by atoms with Crippen molar-refractivity contribution in [3.63, 3.8) is 0 Å². The Bertz CT molecular complexity index is 1080. The number of terminal acetylenes is 1. The largest absolute Gasteiger partial charge is 0.463 e. The average molecular weight is 411 g/mol. The molecule has 0 radical (unpaired) electrons. The Balaban J connectivity index is 2.19. The lowest BCUT2D eigenvalue weighted by atomic mass is 10.0. The molecule has 6 nitrogen and oxygen atoms in total. The van der Waals surface area contributed by atoms with E-state index in [1.807, 2.05) is 0 Å². The van der Waals surface area contributed by atoms with E-state index in [-0.39, 0.29) is 22.1 Å². The molecule has 0 aliphatic heterocycles. The van der Waals surface area contributed by atoms with Gasteiger partial charge in [0.05, 0.1) is 11.8 Å². The van der Waals surface area contributed by atoms with Gasteiger partial charge in [-0.2, -0.15) is 18.3 Å². The average Bonchev–Trinajstić information content (AvgIpc) is 3.28. The number of halogens is 4. The van der Waals surface area contributed by atoms with Crippen LogP contribution in [0.1, 0.15) is 36.5 Å². The van der Waals surface area contributed by atoms with Crippen molar-refractivity contribution in [1.82, 2.24) is 19.9 Å². The highest BCUT2D eigenvalue weighted by Gasteiger charge is 2.37. The van der Waals surface area contributed by atoms with E-state index in [9.17, 15) is 18.0 Å². The van der Waals surface area contributed by atoms with Crippen LogP contribution in [-0.4, -0.2) is 26.0 Å². The molecule has 1 amide bonds. The van der Waals surface area contributed by atoms with Crippen LogP contribution in [0.25, 0.3) is 17.1 Å². The molecule has 0 aromatic carbocycles. The highest BCUT2D eigenvalue weighted by Crippen LogP contribution is 2.34. The molecule has 3 rings (SSSR count). The van der Waals surface area contributed by atoms with E-state index in [0.29, 0.717) is 10.9 Å². The van der Waals surface area contributed by atoms with E-state index in [4.69, 9.17) is 22.4 Å². The zero-order chi connectivity index (χ0) is 20.7. The molecule has 28 heavy (non-hydrogen) atoms. The van der Waals surface area contributed by atoms with Crippen LogP contribution >= 0.6 is 11.6 Å². The number of hydrogen-bond acceptors (Lipinski definition) is 4. The molecule has 0 unspecified atom stereocenters. The lowest BCUT2D eigenvalue weighted by Crippen LogP contribution is -2.44. The van der Waals surface area contributed by atoms with Crippen molar-refractivity contribution in [2.45, 2.75) is 32.0 Å². The van der Waals surface area contributed by atoms with Crippen LogP contribution in [0.4, 0.5) is 13.2 Å². The second-order valence-electron chi connectivity index (χ2n) is 6.18. The van der Waals surface area contributed by atoms with Gasteiger partial charge < -0.3 is 9.73 Å². The minimum absolute atomic E-state index is 0.0967. The summed E-state index contributed by atoms with van der Waals surface area (Å²) in [7, 11) is 0. The standard InChI is InChI=1S/C18H14ClF3N4O2/c1-4-17(3,5-2)24-16(27)14-13(19)15-23-10(11-7-6-8-28-11)9-12(18(20,21)22)26(15)25-14/h1,6-9H,5H2,2-3H3,(H,24,27)/t17-/m1/s1. The summed E-state index contributed by atoms with van der Waals surface area (Å²) in [6.07, 6.45) is 2.34. The van der Waals surface area contributed by atoms with Gasteiger partial charge in [0.1, 0.15) is 10.7 Å². The predicted molar refractivity (Wildman–Crippen MR) is 95.7 cm³/mol. The van der Waals surface area contributed by atoms with E-state index in [1.165, 1.54) is 18.4 Å². The summed E-state index contributed by atoms with van der Waals surface area (Å²) >= 11 is 6.17. The number of carbonyl (C=O) groups excluding carboxylic acids is 1. The number of aromatic nitrogens is 3. The van der Waals surface area contributed by atoms with E-state index in [2.05, 4.69) is 21.3 Å². The Morgan fingerprint density at radius 1 is 1.46 bits per heavy atom. The zero-order valence-electron chi connectivity index (χ0n) is 14.8. The lowest BCUT2D eigenvalue weighted by molar-refractivity contribution is -0.142. The van der Waals surface area contributed by atoms with Crippen molar-refractivity contribution < 1.29 is 22.4 Å². The number of fused-ring (bicyclic) bond motifs is 1. The van der Waals surface area contributed by atoms with E-state index < -0.39 is 29.0 Å². The molecule has 146 valence electrons. The summed E-state index contributed by atoms with van der Waals surface area (Å²) in [4.78, 5) is 16.6. The van der Waals surface area contributed by atoms with Crippen LogP contribution in [-0.2, 0) is 6.18 Å². The molecule has 0 fully saturated rings. The summed E-state index contributed by atoms with van der Waals surface area (Å²) < 4.78 is 46.3. The lowest BCUT2D eigenvalue weighted by Gasteiger charge is -2.22. The Hall–Kier alpha value is -2.99. The molecule has 0 spiro atoms. The highest BCUT2D eigenvalue weighted by atomic mass is 35.5. The summed E-state index contributed by atoms with van der Waals surface area (Å²) in [5, 5.41) is 5.97. The molecule has 10 heteroatoms. The van der Waals surface area contributed by atoms with Crippen LogP contribution in [0, 0.1) is 12.3 Å². The molecule has 0 bridgehead atoms. The monoisotopic (exact) mass is 410 g/mol. The summed E-state index contributed by atoms with van der Waals surface area (Å²) in [5.41, 5.74) is -2.99. The molecule has 3 aromatic heterocycles. The van der Waals surface area contributed by atoms with E-state index >= 15 is 0 Å². The summed E-state index contributed by atoms with van der Waals surface area (Å²) in [6.45, 7) is 3.35. The second kappa shape index (κ2) is 6.87. The van der Waals surface area contributed by atoms with Crippen molar-refractivity contribution in [3.8, 4) is 23.8 Å². The number of nitrogens with one attached hydrogen (secondary N) is 1. The Morgan fingerprint density at radius 2 is 2.18 bits per heavy atom. The quantitative estimate of drug-likeness (QED) is 0.654. The van der Waals surface area contributed by atoms with Crippen LogP contribution in [0.5, 0.6) is 0 Å². The van der Waals surface area contributed by atoms with Crippen molar-refractivity contribution in [2.75, 3.05) is 0 Å². The molecule has 0 aliphatic rings. The Kier molecular flexibility index (Phi) is 4.85. The van der Waals surface area contributed by atoms with Crippen LogP contribution < -0.4 is 5.32 Å². The molecular formula is C18H14ClF3N4O2. The third kappa shape index (κ3) is 3.43. The fourth-order valence-electron chi connectivity index (χ4n) is 2.43. The first-order valence-electron chi connectivity index (χ1n) is 8.10. The van der Waals surface area contributed by atoms with Gasteiger partial charge in [-0.25, -0.2) is 9.50 Å². The molecule has 3 heterocycles. The van der Waals surface area contributed by atoms with Gasteiger partial charge in [0.15, 0.2) is 22.8 Å². The number of amides is 1. The van der Waals surface area contributed by atoms with Gasteiger partial charge in [-0.15, -0.1) is 6.42 Å². The molecular weight excluding hydrogens is 397 g/mol. The van der Waals surface area contributed by atoms with Crippen LogP contribution in [0.2, 0.25) is 5.02 Å². The fraction of sp³-hybridized carbons (Fsp3) is 0.278. The highest BCUT2D eigenvalue weighted by molar-refractivity contribution is 6.36. The number of rotatable bonds is 4. The predicted octanol–water partition coefficient (Wildman–Crippen LogP) is 4.19. The van der Waals surface area contributed by atoms with E-state index in [1.54, 1.807) is 13.8 Å². The maximum Gasteiger partial charge on any atom is 0.433 e. The van der Waals surface area contributed by atoms with Crippen molar-refractivity contribution in [2.24, 2.45) is 0 Å². The zero-order valence-corrected chi connectivity index (χ0v) is 15.5. The smallest absolute Gasteiger partial charge is 0.433 e. The topological polar surface area (TPSA) is 72.4 Å². The number of alkyl halides is 3. The minimum atomic E-state index is -4.78. The molecule has 1 N–H and O–H groups in total. The number of carbonyl (C=O) groups is 1. The van der Waals surface area contributed by atoms with Gasteiger partial charge >= 0.3 is 6.18 Å². The SMILES string of the molecule is C#C[C@](C)(CC)NC(=O)c1nn2c(C(F)(F)F)cc(-c3ccco3)nc2c1Cl. The van der Waals surface area contributed by atoms with Gasteiger partial charge in [0.25, 0.3) is 5.91 Å². The van der Waals surface area contributed by atoms with Crippen LogP contribution in [0.15, 0.2) is 28.9 Å². The van der Waals surface area contributed by atoms with Gasteiger partial charge in [0.2, 0.25) is 0 Å². The summed E-state index contributed by atoms with van der Waals surface area (Å²) in [5.74, 6) is 1.74. The van der Waals surface area contributed by atoms with Crippen molar-refractivity contribution in [1.29, 1.82) is 0 Å². The summed E-state index contributed by atoms with van der Waals surface area (Å²) in [6, 6.07) is 3.74. The third-order valence-electron chi connectivity index (χ3n) is 4.23. The van der Waals surface area contributed by atoms with Gasteiger partial charge in [-0.3, -0.25) is 4.79 Å². The second-order valence-corrected chi connectivity index (χ2v) is 6.56. The molecule has 0 aliphatic carbocycles. The number of nitrogens with zero attached hydrogens (tertiary/aromatic N) is 3. The maximum absolute atomic E-state index is 13.6. The molecule has 0 saturated carbocycles. The first kappa shape index (κ1) is 19.8. The first-order chi connectivity index (χ1) is 13.1.